The summed E-state index contributed by atoms with van der Waals surface area (Å²) in [4.78, 5) is 22.7. The topological polar surface area (TPSA) is 90.8 Å². The largest absolute Gasteiger partial charge is 0.508 e. The van der Waals surface area contributed by atoms with Crippen LogP contribution in [0.2, 0.25) is 0 Å². The summed E-state index contributed by atoms with van der Waals surface area (Å²) in [7, 11) is 0. The Morgan fingerprint density at radius 1 is 1.04 bits per heavy atom. The number of anilines is 1. The van der Waals surface area contributed by atoms with Crippen molar-refractivity contribution >= 4 is 23.2 Å². The number of nitrogens with one attached hydrogen (secondary N) is 2. The molecule has 0 saturated carbocycles. The van der Waals surface area contributed by atoms with E-state index in [0.717, 1.165) is 0 Å². The molecule has 0 aliphatic heterocycles. The average molecular weight is 379 g/mol. The highest BCUT2D eigenvalue weighted by Crippen LogP contribution is 2.18. The molecule has 0 radical (unpaired) electrons. The van der Waals surface area contributed by atoms with Gasteiger partial charge in [-0.3, -0.25) is 9.59 Å². The number of carbonyl (C=O) groups excluding carboxylic acids is 2. The van der Waals surface area contributed by atoms with Crippen LogP contribution in [0.5, 0.6) is 5.75 Å². The third-order valence-corrected chi connectivity index (χ3v) is 3.47. The van der Waals surface area contributed by atoms with Gasteiger partial charge in [0, 0.05) is 5.69 Å². The van der Waals surface area contributed by atoms with Crippen LogP contribution in [0.25, 0.3) is 0 Å². The lowest BCUT2D eigenvalue weighted by Crippen LogP contribution is -2.29. The molecule has 0 saturated heterocycles. The van der Waals surface area contributed by atoms with E-state index >= 15 is 0 Å². The van der Waals surface area contributed by atoms with E-state index < -0.39 is 12.1 Å². The lowest BCUT2D eigenvalue weighted by molar-refractivity contribution is -0.167. The van der Waals surface area contributed by atoms with E-state index in [-0.39, 0.29) is 23.8 Å². The zero-order valence-electron chi connectivity index (χ0n) is 14.2. The zero-order valence-corrected chi connectivity index (χ0v) is 14.2. The van der Waals surface area contributed by atoms with E-state index in [0.29, 0.717) is 16.8 Å². The molecule has 0 unspecified atom stereocenters. The van der Waals surface area contributed by atoms with Crippen LogP contribution in [0.3, 0.4) is 0 Å². The van der Waals surface area contributed by atoms with Gasteiger partial charge < -0.3 is 10.4 Å². The molecule has 0 aromatic heterocycles. The number of aromatic hydroxyl groups is 1. The Morgan fingerprint density at radius 2 is 1.63 bits per heavy atom. The Labute approximate surface area is 152 Å². The molecule has 0 bridgehead atoms. The van der Waals surface area contributed by atoms with Gasteiger partial charge in [-0.2, -0.15) is 18.3 Å². The van der Waals surface area contributed by atoms with Gasteiger partial charge in [0.05, 0.1) is 12.1 Å². The highest BCUT2D eigenvalue weighted by Gasteiger charge is 2.38. The molecule has 2 rings (SSSR count). The summed E-state index contributed by atoms with van der Waals surface area (Å²) in [5.41, 5.74) is 4.06. The fraction of sp³-hybridized carbons (Fsp3) is 0.167. The summed E-state index contributed by atoms with van der Waals surface area (Å²) in [5, 5.41) is 14.9. The average Bonchev–Trinajstić information content (AvgIpc) is 2.61. The number of phenols is 1. The number of hydrogen-bond acceptors (Lipinski definition) is 4. The number of benzene rings is 2. The number of nitrogens with zero attached hydrogens (tertiary/aromatic N) is 1. The number of phenolic OH excluding ortho intramolecular Hbond substituents is 1. The second kappa shape index (κ2) is 8.35. The molecule has 2 amide bonds. The van der Waals surface area contributed by atoms with Crippen molar-refractivity contribution in [2.24, 2.45) is 5.10 Å². The van der Waals surface area contributed by atoms with Gasteiger partial charge in [-0.1, -0.05) is 24.3 Å². The standard InChI is InChI=1S/C18H16F3N3O3/c1-11(23-24-16(26)10-12-2-8-15(25)9-3-12)13-4-6-14(7-5-13)22-17(27)18(19,20)21/h2-9,25H,10H2,1H3,(H,22,27)(H,24,26)/b23-11-. The zero-order chi connectivity index (χ0) is 20.0. The number of alkyl halides is 3. The Hall–Kier alpha value is -3.36. The molecule has 3 N–H and O–H groups in total. The predicted molar refractivity (Wildman–Crippen MR) is 93.3 cm³/mol. The second-order valence-electron chi connectivity index (χ2n) is 5.60. The van der Waals surface area contributed by atoms with E-state index in [1.54, 1.807) is 24.4 Å². The Morgan fingerprint density at radius 3 is 2.19 bits per heavy atom. The van der Waals surface area contributed by atoms with Crippen LogP contribution in [-0.4, -0.2) is 28.8 Å². The molecule has 2 aromatic carbocycles. The van der Waals surface area contributed by atoms with Crippen molar-refractivity contribution in [3.05, 3.63) is 59.7 Å². The summed E-state index contributed by atoms with van der Waals surface area (Å²) in [5.74, 6) is -2.32. The van der Waals surface area contributed by atoms with Crippen LogP contribution >= 0.6 is 0 Å². The molecular weight excluding hydrogens is 363 g/mol. The molecule has 27 heavy (non-hydrogen) atoms. The quantitative estimate of drug-likeness (QED) is 0.551. The fourth-order valence-electron chi connectivity index (χ4n) is 2.05. The number of carbonyl (C=O) groups is 2. The number of halogens is 3. The normalized spacial score (nSPS) is 11.8. The Balaban J connectivity index is 1.94. The predicted octanol–water partition coefficient (Wildman–Crippen LogP) is 2.98. The minimum Gasteiger partial charge on any atom is -0.508 e. The van der Waals surface area contributed by atoms with Crippen LogP contribution in [0.15, 0.2) is 53.6 Å². The smallest absolute Gasteiger partial charge is 0.471 e. The van der Waals surface area contributed by atoms with Crippen LogP contribution in [-0.2, 0) is 16.0 Å². The molecule has 142 valence electrons. The Kier molecular flexibility index (Phi) is 6.17. The van der Waals surface area contributed by atoms with Crippen molar-refractivity contribution in [3.8, 4) is 5.75 Å². The third-order valence-electron chi connectivity index (χ3n) is 3.47. The Bertz CT molecular complexity index is 845. The third kappa shape index (κ3) is 6.14. The van der Waals surface area contributed by atoms with Crippen molar-refractivity contribution in [2.75, 3.05) is 5.32 Å². The van der Waals surface area contributed by atoms with Gasteiger partial charge in [0.2, 0.25) is 5.91 Å². The van der Waals surface area contributed by atoms with Crippen LogP contribution in [0.4, 0.5) is 18.9 Å². The highest BCUT2D eigenvalue weighted by atomic mass is 19.4. The number of amides is 2. The van der Waals surface area contributed by atoms with E-state index in [1.165, 1.54) is 36.4 Å². The second-order valence-corrected chi connectivity index (χ2v) is 5.60. The van der Waals surface area contributed by atoms with Gasteiger partial charge in [-0.05, 0) is 42.3 Å². The van der Waals surface area contributed by atoms with E-state index in [4.69, 9.17) is 0 Å². The van der Waals surface area contributed by atoms with Gasteiger partial charge in [0.15, 0.2) is 0 Å². The van der Waals surface area contributed by atoms with Gasteiger partial charge in [0.25, 0.3) is 0 Å². The highest BCUT2D eigenvalue weighted by molar-refractivity contribution is 6.00. The lowest BCUT2D eigenvalue weighted by Gasteiger charge is -2.08. The molecule has 0 aliphatic carbocycles. The first-order valence-electron chi connectivity index (χ1n) is 7.75. The summed E-state index contributed by atoms with van der Waals surface area (Å²) in [6, 6.07) is 11.7. The molecule has 2 aromatic rings. The van der Waals surface area contributed by atoms with E-state index in [1.807, 2.05) is 0 Å². The maximum Gasteiger partial charge on any atom is 0.471 e. The molecule has 0 aliphatic rings. The number of rotatable bonds is 5. The van der Waals surface area contributed by atoms with Crippen molar-refractivity contribution in [1.29, 1.82) is 0 Å². The number of hydrogen-bond donors (Lipinski definition) is 3. The molecule has 0 fully saturated rings. The fourth-order valence-corrected chi connectivity index (χ4v) is 2.05. The van der Waals surface area contributed by atoms with E-state index in [2.05, 4.69) is 10.5 Å². The van der Waals surface area contributed by atoms with Gasteiger partial charge in [0.1, 0.15) is 5.75 Å². The van der Waals surface area contributed by atoms with Crippen LogP contribution < -0.4 is 10.7 Å². The van der Waals surface area contributed by atoms with Crippen molar-refractivity contribution < 1.29 is 27.9 Å². The van der Waals surface area contributed by atoms with E-state index in [9.17, 15) is 27.9 Å². The molecule has 6 nitrogen and oxygen atoms in total. The minimum absolute atomic E-state index is 0.00904. The van der Waals surface area contributed by atoms with Gasteiger partial charge in [-0.15, -0.1) is 0 Å². The lowest BCUT2D eigenvalue weighted by atomic mass is 10.1. The SMILES string of the molecule is C/C(=N/NC(=O)Cc1ccc(O)cc1)c1ccc(NC(=O)C(F)(F)F)cc1. The molecular formula is C18H16F3N3O3. The molecule has 0 spiro atoms. The summed E-state index contributed by atoms with van der Waals surface area (Å²) in [6.45, 7) is 1.62. The summed E-state index contributed by atoms with van der Waals surface area (Å²) < 4.78 is 36.6. The summed E-state index contributed by atoms with van der Waals surface area (Å²) in [6.07, 6.45) is -4.89. The first-order valence-corrected chi connectivity index (χ1v) is 7.75. The first kappa shape index (κ1) is 20.0. The molecule has 0 heterocycles. The van der Waals surface area contributed by atoms with Crippen molar-refractivity contribution in [2.45, 2.75) is 19.5 Å². The maximum absolute atomic E-state index is 12.2. The van der Waals surface area contributed by atoms with Crippen LogP contribution in [0.1, 0.15) is 18.1 Å². The minimum atomic E-state index is -4.96. The molecule has 0 atom stereocenters. The monoisotopic (exact) mass is 379 g/mol. The van der Waals surface area contributed by atoms with Crippen molar-refractivity contribution in [1.82, 2.24) is 5.43 Å². The molecule has 9 heteroatoms. The summed E-state index contributed by atoms with van der Waals surface area (Å²) >= 11 is 0. The van der Waals surface area contributed by atoms with Gasteiger partial charge >= 0.3 is 12.1 Å². The van der Waals surface area contributed by atoms with Crippen molar-refractivity contribution in [3.63, 3.8) is 0 Å². The number of hydrazone groups is 1. The maximum atomic E-state index is 12.2. The van der Waals surface area contributed by atoms with Gasteiger partial charge in [-0.25, -0.2) is 5.43 Å². The van der Waals surface area contributed by atoms with Crippen LogP contribution in [0, 0.1) is 0 Å². The first-order chi connectivity index (χ1) is 12.6.